The molecule has 190 valence electrons. The van der Waals surface area contributed by atoms with Gasteiger partial charge in [-0.05, 0) is 24.3 Å². The van der Waals surface area contributed by atoms with E-state index in [4.69, 9.17) is 4.74 Å². The Bertz CT molecular complexity index is 2000. The number of nitrogens with one attached hydrogen (secondary N) is 2. The van der Waals surface area contributed by atoms with Crippen LogP contribution in [0.4, 0.5) is 0 Å². The fraction of sp³-hybridized carbons (Fsp3) is 0.0312. The summed E-state index contributed by atoms with van der Waals surface area (Å²) in [4.78, 5) is 19.4. The zero-order chi connectivity index (χ0) is 27.5. The number of allylic oxidation sites excluding steroid dienone is 4. The molecule has 8 heteroatoms. The van der Waals surface area contributed by atoms with Gasteiger partial charge in [0.05, 0.1) is 18.3 Å². The normalized spacial score (nSPS) is 12.4. The molecule has 0 atom stereocenters. The SMILES string of the molecule is COc1ccc2c(/C(C#N)=C(\C(=C(\C#N)c3c[nH]c4ccccc34)c3cncnc3)c3cccnc3)c[nH]c2c1. The van der Waals surface area contributed by atoms with E-state index < -0.39 is 0 Å². The Morgan fingerprint density at radius 3 is 2.05 bits per heavy atom. The second-order valence-corrected chi connectivity index (χ2v) is 8.95. The van der Waals surface area contributed by atoms with Gasteiger partial charge in [0.1, 0.15) is 24.2 Å². The van der Waals surface area contributed by atoms with E-state index >= 15 is 0 Å². The highest BCUT2D eigenvalue weighted by Crippen LogP contribution is 2.43. The highest BCUT2D eigenvalue weighted by Gasteiger charge is 2.25. The Labute approximate surface area is 229 Å². The van der Waals surface area contributed by atoms with Crippen LogP contribution in [-0.2, 0) is 0 Å². The number of H-pyrrole nitrogens is 2. The molecule has 40 heavy (non-hydrogen) atoms. The van der Waals surface area contributed by atoms with Gasteiger partial charge in [0.2, 0.25) is 0 Å². The molecule has 0 aliphatic heterocycles. The lowest BCUT2D eigenvalue weighted by atomic mass is 9.83. The number of fused-ring (bicyclic) bond motifs is 2. The summed E-state index contributed by atoms with van der Waals surface area (Å²) < 4.78 is 5.39. The number of aromatic nitrogens is 5. The summed E-state index contributed by atoms with van der Waals surface area (Å²) in [6.07, 6.45) is 11.7. The zero-order valence-electron chi connectivity index (χ0n) is 21.4. The fourth-order valence-corrected chi connectivity index (χ4v) is 4.99. The van der Waals surface area contributed by atoms with Crippen molar-refractivity contribution in [2.45, 2.75) is 0 Å². The summed E-state index contributed by atoms with van der Waals surface area (Å²) >= 11 is 0. The third-order valence-corrected chi connectivity index (χ3v) is 6.79. The van der Waals surface area contributed by atoms with Crippen molar-refractivity contribution < 1.29 is 4.74 Å². The average molecular weight is 520 g/mol. The molecule has 4 heterocycles. The van der Waals surface area contributed by atoms with Crippen molar-refractivity contribution >= 4 is 44.1 Å². The predicted octanol–water partition coefficient (Wildman–Crippen LogP) is 6.41. The van der Waals surface area contributed by atoms with Gasteiger partial charge in [0.25, 0.3) is 0 Å². The highest BCUT2D eigenvalue weighted by molar-refractivity contribution is 6.27. The molecule has 0 amide bonds. The van der Waals surface area contributed by atoms with Crippen LogP contribution in [0.15, 0.2) is 98.1 Å². The molecule has 6 rings (SSSR count). The number of pyridine rings is 1. The maximum Gasteiger partial charge on any atom is 0.120 e. The van der Waals surface area contributed by atoms with Gasteiger partial charge < -0.3 is 14.7 Å². The summed E-state index contributed by atoms with van der Waals surface area (Å²) in [6, 6.07) is 22.0. The second kappa shape index (κ2) is 10.4. The Morgan fingerprint density at radius 2 is 1.38 bits per heavy atom. The van der Waals surface area contributed by atoms with E-state index in [0.29, 0.717) is 50.3 Å². The Morgan fingerprint density at radius 1 is 0.725 bits per heavy atom. The van der Waals surface area contributed by atoms with Gasteiger partial charge >= 0.3 is 0 Å². The summed E-state index contributed by atoms with van der Waals surface area (Å²) in [5, 5.41) is 23.2. The van der Waals surface area contributed by atoms with Crippen molar-refractivity contribution in [2.24, 2.45) is 0 Å². The van der Waals surface area contributed by atoms with Gasteiger partial charge in [0.15, 0.2) is 0 Å². The Kier molecular flexibility index (Phi) is 6.34. The van der Waals surface area contributed by atoms with Crippen LogP contribution in [-0.4, -0.2) is 32.0 Å². The smallest absolute Gasteiger partial charge is 0.120 e. The van der Waals surface area contributed by atoms with E-state index in [0.717, 1.165) is 21.8 Å². The van der Waals surface area contributed by atoms with Crippen molar-refractivity contribution in [3.63, 3.8) is 0 Å². The van der Waals surface area contributed by atoms with Crippen LogP contribution < -0.4 is 4.74 Å². The topological polar surface area (TPSA) is 127 Å². The number of para-hydroxylation sites is 1. The van der Waals surface area contributed by atoms with Gasteiger partial charge in [-0.25, -0.2) is 9.97 Å². The number of aromatic amines is 2. The lowest BCUT2D eigenvalue weighted by Gasteiger charge is -2.17. The summed E-state index contributed by atoms with van der Waals surface area (Å²) in [5.41, 5.74) is 6.19. The first-order valence-corrected chi connectivity index (χ1v) is 12.4. The molecule has 0 aliphatic carbocycles. The molecule has 0 radical (unpaired) electrons. The van der Waals surface area contributed by atoms with E-state index in [9.17, 15) is 10.5 Å². The molecule has 0 fully saturated rings. The predicted molar refractivity (Wildman–Crippen MR) is 154 cm³/mol. The van der Waals surface area contributed by atoms with Crippen LogP contribution in [0, 0.1) is 22.7 Å². The first-order chi connectivity index (χ1) is 19.7. The lowest BCUT2D eigenvalue weighted by Crippen LogP contribution is -2.00. The van der Waals surface area contributed by atoms with Crippen molar-refractivity contribution in [3.05, 3.63) is 120 Å². The minimum atomic E-state index is 0.371. The standard InChI is InChI=1S/C32H21N7O/c1-40-22-8-9-24-28(18-39-30(24)11-22)25(12-33)31(20-5-4-10-35-14-20)32(21-15-36-19-37-16-21)26(13-34)27-17-38-29-7-3-2-6-23(27)29/h2-11,14-19,38-39H,1H3/b31-25-,32-26-. The number of nitriles is 2. The summed E-state index contributed by atoms with van der Waals surface area (Å²) in [7, 11) is 1.61. The average Bonchev–Trinajstić information content (AvgIpc) is 3.64. The number of hydrogen-bond acceptors (Lipinski definition) is 6. The minimum Gasteiger partial charge on any atom is -0.497 e. The number of hydrogen-bond donors (Lipinski definition) is 2. The molecule has 4 aromatic heterocycles. The number of ether oxygens (including phenoxy) is 1. The van der Waals surface area contributed by atoms with Gasteiger partial charge in [0, 0.05) is 98.5 Å². The van der Waals surface area contributed by atoms with Crippen LogP contribution in [0.1, 0.15) is 22.3 Å². The van der Waals surface area contributed by atoms with E-state index in [-0.39, 0.29) is 0 Å². The molecule has 0 spiro atoms. The molecule has 0 saturated carbocycles. The molecule has 8 nitrogen and oxygen atoms in total. The van der Waals surface area contributed by atoms with Crippen molar-refractivity contribution in [1.82, 2.24) is 24.9 Å². The molecule has 2 aromatic carbocycles. The summed E-state index contributed by atoms with van der Waals surface area (Å²) in [5.74, 6) is 0.698. The van der Waals surface area contributed by atoms with Gasteiger partial charge in [-0.2, -0.15) is 10.5 Å². The quantitative estimate of drug-likeness (QED) is 0.193. The first-order valence-electron chi connectivity index (χ1n) is 12.4. The van der Waals surface area contributed by atoms with Crippen molar-refractivity contribution in [1.29, 1.82) is 10.5 Å². The second-order valence-electron chi connectivity index (χ2n) is 8.95. The molecule has 0 unspecified atom stereocenters. The third kappa shape index (κ3) is 4.16. The van der Waals surface area contributed by atoms with E-state index in [1.54, 1.807) is 44.2 Å². The summed E-state index contributed by atoms with van der Waals surface area (Å²) in [6.45, 7) is 0. The molecule has 2 N–H and O–H groups in total. The van der Waals surface area contributed by atoms with Gasteiger partial charge in [-0.15, -0.1) is 0 Å². The number of benzene rings is 2. The Balaban J connectivity index is 1.77. The van der Waals surface area contributed by atoms with Gasteiger partial charge in [-0.3, -0.25) is 4.98 Å². The highest BCUT2D eigenvalue weighted by atomic mass is 16.5. The van der Waals surface area contributed by atoms with Crippen molar-refractivity contribution in [2.75, 3.05) is 7.11 Å². The molecule has 0 bridgehead atoms. The number of nitrogens with zero attached hydrogens (tertiary/aromatic N) is 5. The van der Waals surface area contributed by atoms with Crippen LogP contribution in [0.25, 0.3) is 44.1 Å². The molecule has 6 aromatic rings. The van der Waals surface area contributed by atoms with E-state index in [1.165, 1.54) is 6.33 Å². The zero-order valence-corrected chi connectivity index (χ0v) is 21.4. The van der Waals surface area contributed by atoms with E-state index in [1.807, 2.05) is 54.7 Å². The Hall–Kier alpha value is -5.99. The van der Waals surface area contributed by atoms with Crippen LogP contribution in [0.3, 0.4) is 0 Å². The monoisotopic (exact) mass is 519 g/mol. The number of methoxy groups -OCH3 is 1. The molecule has 0 saturated heterocycles. The van der Waals surface area contributed by atoms with E-state index in [2.05, 4.69) is 37.1 Å². The maximum atomic E-state index is 10.7. The minimum absolute atomic E-state index is 0.371. The van der Waals surface area contributed by atoms with Crippen LogP contribution in [0.2, 0.25) is 0 Å². The third-order valence-electron chi connectivity index (χ3n) is 6.79. The van der Waals surface area contributed by atoms with Crippen LogP contribution >= 0.6 is 0 Å². The van der Waals surface area contributed by atoms with Crippen LogP contribution in [0.5, 0.6) is 5.75 Å². The lowest BCUT2D eigenvalue weighted by molar-refractivity contribution is 0.415. The van der Waals surface area contributed by atoms with Crippen molar-refractivity contribution in [3.8, 4) is 17.9 Å². The molecular formula is C32H21N7O. The maximum absolute atomic E-state index is 10.7. The molecule has 0 aliphatic rings. The molecular weight excluding hydrogens is 498 g/mol. The largest absolute Gasteiger partial charge is 0.497 e. The van der Waals surface area contributed by atoms with Gasteiger partial charge in [-0.1, -0.05) is 24.3 Å². The number of rotatable bonds is 6. The fourth-order valence-electron chi connectivity index (χ4n) is 4.99. The first kappa shape index (κ1) is 24.4.